The molecule has 0 rings (SSSR count). The summed E-state index contributed by atoms with van der Waals surface area (Å²) in [4.78, 5) is 0. The summed E-state index contributed by atoms with van der Waals surface area (Å²) in [6.07, 6.45) is 0. The van der Waals surface area contributed by atoms with E-state index in [1.807, 2.05) is 0 Å². The molecule has 0 aliphatic heterocycles. The van der Waals surface area contributed by atoms with E-state index in [1.165, 1.54) is 0 Å². The van der Waals surface area contributed by atoms with Crippen LogP contribution in [0.5, 0.6) is 0 Å². The maximum Gasteiger partial charge on any atom is 2.00 e. The van der Waals surface area contributed by atoms with E-state index in [0.717, 1.165) is 0 Å². The summed E-state index contributed by atoms with van der Waals surface area (Å²) in [5, 5.41) is 0. The molecule has 78 valence electrons. The Balaban J connectivity index is -0.0000000178. The van der Waals surface area contributed by atoms with E-state index in [1.54, 1.807) is 0 Å². The minimum atomic E-state index is -5.17. The van der Waals surface area contributed by atoms with Crippen molar-refractivity contribution >= 4 is 34.1 Å². The van der Waals surface area contributed by atoms with Crippen LogP contribution in [0.4, 0.5) is 0 Å². The van der Waals surface area contributed by atoms with Gasteiger partial charge in [-0.3, -0.25) is 8.42 Å². The smallest absolute Gasteiger partial charge is 0.769 e. The molecule has 0 fully saturated rings. The minimum Gasteiger partial charge on any atom is -0.769 e. The van der Waals surface area contributed by atoms with Gasteiger partial charge in [0.1, 0.15) is 0 Å². The van der Waals surface area contributed by atoms with Gasteiger partial charge in [0.25, 0.3) is 0 Å². The molecule has 0 amide bonds. The summed E-state index contributed by atoms with van der Waals surface area (Å²) in [7, 11) is -5.17. The summed E-state index contributed by atoms with van der Waals surface area (Å²) >= 11 is 6.78. The molecule has 0 aromatic carbocycles. The number of rotatable bonds is 0. The Labute approximate surface area is 94.7 Å². The first-order valence-electron chi connectivity index (χ1n) is 0.975. The molecule has 0 bridgehead atoms. The summed E-state index contributed by atoms with van der Waals surface area (Å²) in [6, 6.07) is 0. The van der Waals surface area contributed by atoms with Crippen LogP contribution in [-0.4, -0.2) is 17.5 Å². The van der Waals surface area contributed by atoms with E-state index in [2.05, 4.69) is 23.7 Å². The SMILES string of the molecule is O=S(=O)([O-])[O-].[Cu+2].[Cu+2].[O-]Cl.[O-]Cl. The van der Waals surface area contributed by atoms with Gasteiger partial charge in [0.05, 0.1) is 0 Å². The van der Waals surface area contributed by atoms with E-state index >= 15 is 0 Å². The third kappa shape index (κ3) is 509. The molecule has 0 aliphatic rings. The third-order valence-electron chi connectivity index (χ3n) is 0. The van der Waals surface area contributed by atoms with Crippen LogP contribution in [0.25, 0.3) is 0 Å². The van der Waals surface area contributed by atoms with E-state index in [4.69, 9.17) is 26.8 Å². The first kappa shape index (κ1) is 29.4. The predicted molar refractivity (Wildman–Crippen MR) is 22.2 cm³/mol. The maximum absolute atomic E-state index is 8.52. The molecule has 6 nitrogen and oxygen atoms in total. The molecule has 0 unspecified atom stereocenters. The number of hydrogen-bond donors (Lipinski definition) is 0. The maximum atomic E-state index is 8.52. The molecule has 0 N–H and O–H groups in total. The summed E-state index contributed by atoms with van der Waals surface area (Å²) < 4.78 is 49.5. The standard InChI is InChI=1S/2ClO.2Cu.H2O4S/c2*1-2;;;1-5(2,3)4/h;;;;(H2,1,2,3,4)/q2*-1;2*+2;/p-2. The molecule has 0 atom stereocenters. The van der Waals surface area contributed by atoms with Crippen LogP contribution in [0, 0.1) is 0 Å². The van der Waals surface area contributed by atoms with Crippen LogP contribution in [-0.2, 0) is 44.5 Å². The topological polar surface area (TPSA) is 126 Å². The summed E-state index contributed by atoms with van der Waals surface area (Å²) in [5.41, 5.74) is 0. The van der Waals surface area contributed by atoms with Gasteiger partial charge in [-0.2, -0.15) is 0 Å². The fourth-order valence-corrected chi connectivity index (χ4v) is 0. The first-order valence-corrected chi connectivity index (χ1v) is 2.93. The second-order valence-corrected chi connectivity index (χ2v) is 1.22. The average Bonchev–Trinajstić information content (AvgIpc) is 1.72. The normalized spacial score (nSPS) is 6.36. The van der Waals surface area contributed by atoms with Crippen LogP contribution >= 0.6 is 23.7 Å². The zero-order chi connectivity index (χ0) is 8.50. The molecular weight excluding hydrogens is 326 g/mol. The van der Waals surface area contributed by atoms with Gasteiger partial charge in [0.2, 0.25) is 0 Å². The first-order chi connectivity index (χ1) is 4.00. The molecule has 0 aromatic heterocycles. The third-order valence-corrected chi connectivity index (χ3v) is 0. The number of hydrogen-bond acceptors (Lipinski definition) is 6. The van der Waals surface area contributed by atoms with Crippen molar-refractivity contribution in [3.05, 3.63) is 0 Å². The van der Waals surface area contributed by atoms with Crippen molar-refractivity contribution in [1.82, 2.24) is 0 Å². The Morgan fingerprint density at radius 2 is 0.818 bits per heavy atom. The predicted octanol–water partition coefficient (Wildman–Crippen LogP) is -2.34. The molecule has 11 heteroatoms. The van der Waals surface area contributed by atoms with Crippen molar-refractivity contribution in [3.63, 3.8) is 0 Å². The second-order valence-electron chi connectivity index (χ2n) is 0.408. The molecule has 0 aliphatic carbocycles. The van der Waals surface area contributed by atoms with Gasteiger partial charge in [-0.25, -0.2) is 23.7 Å². The zero-order valence-electron chi connectivity index (χ0n) is 4.22. The fourth-order valence-electron chi connectivity index (χ4n) is 0. The Morgan fingerprint density at radius 1 is 0.818 bits per heavy atom. The van der Waals surface area contributed by atoms with Crippen molar-refractivity contribution < 1.29 is 61.0 Å². The molecule has 11 heavy (non-hydrogen) atoms. The quantitative estimate of drug-likeness (QED) is 0.279. The van der Waals surface area contributed by atoms with Crippen LogP contribution in [0.3, 0.4) is 0 Å². The largest absolute Gasteiger partial charge is 2.00 e. The Hall–Kier alpha value is 1.41. The molecule has 2 radical (unpaired) electrons. The van der Waals surface area contributed by atoms with Crippen molar-refractivity contribution in [2.24, 2.45) is 0 Å². The van der Waals surface area contributed by atoms with Crippen molar-refractivity contribution in [2.45, 2.75) is 0 Å². The van der Waals surface area contributed by atoms with Crippen LogP contribution in [0.1, 0.15) is 0 Å². The van der Waals surface area contributed by atoms with E-state index in [-0.39, 0.29) is 34.1 Å². The van der Waals surface area contributed by atoms with Gasteiger partial charge in [0.15, 0.2) is 0 Å². The molecule has 0 aromatic rings. The van der Waals surface area contributed by atoms with E-state index < -0.39 is 10.4 Å². The van der Waals surface area contributed by atoms with Crippen molar-refractivity contribution in [2.75, 3.05) is 0 Å². The molecule has 0 saturated heterocycles. The van der Waals surface area contributed by atoms with Gasteiger partial charge in [-0.05, 0) is 0 Å². The van der Waals surface area contributed by atoms with Crippen LogP contribution < -0.4 is 9.32 Å². The van der Waals surface area contributed by atoms with E-state index in [9.17, 15) is 0 Å². The van der Waals surface area contributed by atoms with Crippen molar-refractivity contribution in [3.8, 4) is 0 Å². The Kier molecular flexibility index (Phi) is 60.2. The van der Waals surface area contributed by atoms with Crippen molar-refractivity contribution in [1.29, 1.82) is 0 Å². The molecular formula is Cl2Cu2O6S. The van der Waals surface area contributed by atoms with Crippen LogP contribution in [0.2, 0.25) is 0 Å². The zero-order valence-corrected chi connectivity index (χ0v) is 8.43. The number of halogens is 2. The van der Waals surface area contributed by atoms with Gasteiger partial charge in [-0.15, -0.1) is 0 Å². The molecule has 0 heterocycles. The molecule has 0 spiro atoms. The monoisotopic (exact) mass is 324 g/mol. The molecule has 0 saturated carbocycles. The summed E-state index contributed by atoms with van der Waals surface area (Å²) in [5.74, 6) is 0. The Bertz CT molecular complexity index is 102. The summed E-state index contributed by atoms with van der Waals surface area (Å²) in [6.45, 7) is 0. The van der Waals surface area contributed by atoms with E-state index in [0.29, 0.717) is 0 Å². The Morgan fingerprint density at radius 3 is 0.818 bits per heavy atom. The average molecular weight is 326 g/mol. The fraction of sp³-hybridized carbons (Fsp3) is 0. The van der Waals surface area contributed by atoms with Gasteiger partial charge >= 0.3 is 34.1 Å². The van der Waals surface area contributed by atoms with Gasteiger partial charge < -0.3 is 18.4 Å². The minimum absolute atomic E-state index is 0. The van der Waals surface area contributed by atoms with Gasteiger partial charge in [-0.1, -0.05) is 0 Å². The second kappa shape index (κ2) is 22.5. The van der Waals surface area contributed by atoms with Gasteiger partial charge in [0, 0.05) is 10.4 Å². The van der Waals surface area contributed by atoms with Crippen LogP contribution in [0.15, 0.2) is 0 Å².